The topological polar surface area (TPSA) is 30.3 Å². The van der Waals surface area contributed by atoms with Gasteiger partial charge in [0.05, 0.1) is 12.6 Å². The molecule has 2 rings (SSSR count). The van der Waals surface area contributed by atoms with Crippen molar-refractivity contribution in [2.24, 2.45) is 0 Å². The van der Waals surface area contributed by atoms with E-state index in [0.29, 0.717) is 6.54 Å². The van der Waals surface area contributed by atoms with Crippen LogP contribution in [-0.2, 0) is 0 Å². The van der Waals surface area contributed by atoms with Gasteiger partial charge in [0.15, 0.2) is 0 Å². The number of hydrogen-bond acceptors (Lipinski definition) is 4. The Bertz CT molecular complexity index is 380. The fourth-order valence-corrected chi connectivity index (χ4v) is 3.02. The summed E-state index contributed by atoms with van der Waals surface area (Å²) in [6.45, 7) is 5.97. The van der Waals surface area contributed by atoms with Gasteiger partial charge in [-0.25, -0.2) is 0 Å². The van der Waals surface area contributed by atoms with Crippen molar-refractivity contribution >= 4 is 11.8 Å². The Kier molecular flexibility index (Phi) is 5.53. The van der Waals surface area contributed by atoms with Gasteiger partial charge in [-0.15, -0.1) is 11.8 Å². The Hall–Kier alpha value is -1.02. The van der Waals surface area contributed by atoms with E-state index in [9.17, 15) is 0 Å². The van der Waals surface area contributed by atoms with E-state index in [0.717, 1.165) is 38.5 Å². The molecule has 1 saturated heterocycles. The second-order valence-corrected chi connectivity index (χ2v) is 5.61. The van der Waals surface area contributed by atoms with E-state index in [1.165, 1.54) is 4.90 Å². The Morgan fingerprint density at radius 3 is 2.39 bits per heavy atom. The summed E-state index contributed by atoms with van der Waals surface area (Å²) in [7, 11) is 0. The molecule has 0 bridgehead atoms. The van der Waals surface area contributed by atoms with Crippen molar-refractivity contribution in [1.29, 1.82) is 5.26 Å². The second kappa shape index (κ2) is 7.42. The highest BCUT2D eigenvalue weighted by Gasteiger charge is 2.15. The van der Waals surface area contributed by atoms with Crippen molar-refractivity contribution in [3.63, 3.8) is 0 Å². The van der Waals surface area contributed by atoms with Crippen LogP contribution in [0.5, 0.6) is 0 Å². The van der Waals surface area contributed by atoms with Crippen LogP contribution < -0.4 is 0 Å². The predicted octanol–water partition coefficient (Wildman–Crippen LogP) is 1.92. The standard InChI is InChI=1S/C14H19N3S/c15-6-7-16-8-10-17(11-9-16)12-13-18-14-4-2-1-3-5-14/h1-5H,7-13H2. The van der Waals surface area contributed by atoms with Gasteiger partial charge in [0.2, 0.25) is 0 Å². The highest BCUT2D eigenvalue weighted by Crippen LogP contribution is 2.17. The summed E-state index contributed by atoms with van der Waals surface area (Å²) in [5.41, 5.74) is 0. The third-order valence-electron chi connectivity index (χ3n) is 3.18. The third kappa shape index (κ3) is 4.34. The highest BCUT2D eigenvalue weighted by atomic mass is 32.2. The smallest absolute Gasteiger partial charge is 0.0866 e. The molecule has 0 aliphatic carbocycles. The molecule has 18 heavy (non-hydrogen) atoms. The molecule has 0 amide bonds. The number of nitriles is 1. The first-order chi connectivity index (χ1) is 8.88. The van der Waals surface area contributed by atoms with Crippen molar-refractivity contribution in [2.45, 2.75) is 4.90 Å². The van der Waals surface area contributed by atoms with E-state index >= 15 is 0 Å². The molecule has 0 spiro atoms. The van der Waals surface area contributed by atoms with Crippen LogP contribution in [0, 0.1) is 11.3 Å². The molecule has 4 heteroatoms. The number of thioether (sulfide) groups is 1. The van der Waals surface area contributed by atoms with E-state index in [1.807, 2.05) is 11.8 Å². The van der Waals surface area contributed by atoms with Crippen molar-refractivity contribution in [3.05, 3.63) is 30.3 Å². The molecule has 96 valence electrons. The van der Waals surface area contributed by atoms with Crippen LogP contribution >= 0.6 is 11.8 Å². The van der Waals surface area contributed by atoms with Gasteiger partial charge in [0, 0.05) is 43.4 Å². The van der Waals surface area contributed by atoms with Crippen LogP contribution in [0.3, 0.4) is 0 Å². The van der Waals surface area contributed by atoms with Crippen LogP contribution in [0.15, 0.2) is 35.2 Å². The Morgan fingerprint density at radius 1 is 1.06 bits per heavy atom. The fraction of sp³-hybridized carbons (Fsp3) is 0.500. The lowest BCUT2D eigenvalue weighted by atomic mass is 10.3. The lowest BCUT2D eigenvalue weighted by Gasteiger charge is -2.33. The molecule has 1 aliphatic heterocycles. The normalized spacial score (nSPS) is 17.5. The average molecular weight is 261 g/mol. The van der Waals surface area contributed by atoms with Gasteiger partial charge in [-0.3, -0.25) is 9.80 Å². The van der Waals surface area contributed by atoms with Crippen LogP contribution in [0.2, 0.25) is 0 Å². The quantitative estimate of drug-likeness (QED) is 0.598. The van der Waals surface area contributed by atoms with Crippen molar-refractivity contribution in [3.8, 4) is 6.07 Å². The summed E-state index contributed by atoms with van der Waals surface area (Å²) in [6, 6.07) is 12.8. The molecule has 1 aromatic rings. The van der Waals surface area contributed by atoms with Gasteiger partial charge in [-0.1, -0.05) is 18.2 Å². The second-order valence-electron chi connectivity index (χ2n) is 4.44. The molecule has 1 fully saturated rings. The SMILES string of the molecule is N#CCN1CCN(CCSc2ccccc2)CC1. The monoisotopic (exact) mass is 261 g/mol. The molecule has 1 aliphatic rings. The minimum atomic E-state index is 0.576. The first kappa shape index (κ1) is 13.4. The van der Waals surface area contributed by atoms with E-state index in [1.54, 1.807) is 0 Å². The van der Waals surface area contributed by atoms with Gasteiger partial charge < -0.3 is 0 Å². The number of rotatable bonds is 5. The zero-order valence-corrected chi connectivity index (χ0v) is 11.4. The van der Waals surface area contributed by atoms with E-state index in [4.69, 9.17) is 5.26 Å². The largest absolute Gasteiger partial charge is 0.300 e. The first-order valence-corrected chi connectivity index (χ1v) is 7.36. The minimum Gasteiger partial charge on any atom is -0.300 e. The number of nitrogens with zero attached hydrogens (tertiary/aromatic N) is 3. The van der Waals surface area contributed by atoms with Crippen LogP contribution in [0.25, 0.3) is 0 Å². The van der Waals surface area contributed by atoms with E-state index < -0.39 is 0 Å². The van der Waals surface area contributed by atoms with Crippen molar-refractivity contribution in [2.75, 3.05) is 45.0 Å². The Balaban J connectivity index is 1.63. The van der Waals surface area contributed by atoms with E-state index in [-0.39, 0.29) is 0 Å². The van der Waals surface area contributed by atoms with Crippen molar-refractivity contribution < 1.29 is 0 Å². The number of hydrogen-bond donors (Lipinski definition) is 0. The van der Waals surface area contributed by atoms with Crippen LogP contribution in [0.4, 0.5) is 0 Å². The van der Waals surface area contributed by atoms with Crippen LogP contribution in [0.1, 0.15) is 0 Å². The van der Waals surface area contributed by atoms with Crippen molar-refractivity contribution in [1.82, 2.24) is 9.80 Å². The summed E-state index contributed by atoms with van der Waals surface area (Å²) in [6.07, 6.45) is 0. The van der Waals surface area contributed by atoms with Gasteiger partial charge in [-0.2, -0.15) is 5.26 Å². The minimum absolute atomic E-state index is 0.576. The molecule has 0 saturated carbocycles. The van der Waals surface area contributed by atoms with Gasteiger partial charge in [-0.05, 0) is 12.1 Å². The lowest BCUT2D eigenvalue weighted by Crippen LogP contribution is -2.46. The van der Waals surface area contributed by atoms with Gasteiger partial charge in [0.1, 0.15) is 0 Å². The summed E-state index contributed by atoms with van der Waals surface area (Å²) in [5, 5.41) is 8.64. The van der Waals surface area contributed by atoms with Gasteiger partial charge in [0.25, 0.3) is 0 Å². The molecule has 0 N–H and O–H groups in total. The summed E-state index contributed by atoms with van der Waals surface area (Å²) < 4.78 is 0. The predicted molar refractivity (Wildman–Crippen MR) is 75.7 cm³/mol. The first-order valence-electron chi connectivity index (χ1n) is 6.38. The lowest BCUT2D eigenvalue weighted by molar-refractivity contribution is 0.150. The summed E-state index contributed by atoms with van der Waals surface area (Å²) in [5.74, 6) is 1.14. The molecule has 0 atom stereocenters. The van der Waals surface area contributed by atoms with E-state index in [2.05, 4.69) is 46.2 Å². The molecule has 0 aromatic heterocycles. The number of benzene rings is 1. The Labute approximate surface area is 113 Å². The summed E-state index contributed by atoms with van der Waals surface area (Å²) >= 11 is 1.92. The molecule has 3 nitrogen and oxygen atoms in total. The maximum absolute atomic E-state index is 8.64. The van der Waals surface area contributed by atoms with Crippen LogP contribution in [-0.4, -0.2) is 54.8 Å². The molecule has 0 radical (unpaired) electrons. The molecule has 0 unspecified atom stereocenters. The Morgan fingerprint density at radius 2 is 1.72 bits per heavy atom. The highest BCUT2D eigenvalue weighted by molar-refractivity contribution is 7.99. The molecule has 1 aromatic carbocycles. The maximum Gasteiger partial charge on any atom is 0.0866 e. The number of piperazine rings is 1. The summed E-state index contributed by atoms with van der Waals surface area (Å²) in [4.78, 5) is 6.06. The molecular weight excluding hydrogens is 242 g/mol. The van der Waals surface area contributed by atoms with Gasteiger partial charge >= 0.3 is 0 Å². The average Bonchev–Trinajstić information content (AvgIpc) is 2.42. The zero-order chi connectivity index (χ0) is 12.6. The maximum atomic E-state index is 8.64. The fourth-order valence-electron chi connectivity index (χ4n) is 2.08. The molecular formula is C14H19N3S. The molecule has 1 heterocycles. The third-order valence-corrected chi connectivity index (χ3v) is 4.17. The zero-order valence-electron chi connectivity index (χ0n) is 10.6.